The van der Waals surface area contributed by atoms with Gasteiger partial charge >= 0.3 is 0 Å². The van der Waals surface area contributed by atoms with Crippen LogP contribution >= 0.6 is 0 Å². The van der Waals surface area contributed by atoms with Crippen LogP contribution in [0.15, 0.2) is 53.6 Å². The fourth-order valence-corrected chi connectivity index (χ4v) is 1.77. The minimum Gasteiger partial charge on any atom is -0.326 e. The van der Waals surface area contributed by atoms with Crippen LogP contribution < -0.4 is 10.7 Å². The molecule has 2 aromatic carbocycles. The maximum absolute atomic E-state index is 12.8. The number of nitrogens with zero attached hydrogens (tertiary/aromatic N) is 1. The Bertz CT molecular complexity index is 727. The van der Waals surface area contributed by atoms with Crippen LogP contribution in [0.3, 0.4) is 0 Å². The van der Waals surface area contributed by atoms with Crippen molar-refractivity contribution in [2.24, 2.45) is 5.10 Å². The van der Waals surface area contributed by atoms with Gasteiger partial charge in [0, 0.05) is 17.7 Å². The number of halogens is 1. The van der Waals surface area contributed by atoms with Crippen molar-refractivity contribution in [3.8, 4) is 0 Å². The molecule has 5 nitrogen and oxygen atoms in total. The van der Waals surface area contributed by atoms with Gasteiger partial charge in [0.15, 0.2) is 0 Å². The van der Waals surface area contributed by atoms with Gasteiger partial charge < -0.3 is 5.32 Å². The normalized spacial score (nSPS) is 10.5. The number of rotatable bonds is 5. The topological polar surface area (TPSA) is 70.6 Å². The predicted octanol–water partition coefficient (Wildman–Crippen LogP) is 2.94. The molecule has 0 spiro atoms. The molecule has 0 unspecified atom stereocenters. The lowest BCUT2D eigenvalue weighted by atomic mass is 10.2. The second-order valence-electron chi connectivity index (χ2n) is 4.73. The van der Waals surface area contributed by atoms with Crippen molar-refractivity contribution in [3.63, 3.8) is 0 Å². The third-order valence-corrected chi connectivity index (χ3v) is 2.98. The highest BCUT2D eigenvalue weighted by atomic mass is 19.1. The largest absolute Gasteiger partial charge is 0.326 e. The number of amides is 2. The summed E-state index contributed by atoms with van der Waals surface area (Å²) in [6, 6.07) is 12.3. The monoisotopic (exact) mass is 313 g/mol. The fourth-order valence-electron chi connectivity index (χ4n) is 1.77. The highest BCUT2D eigenvalue weighted by molar-refractivity contribution is 5.97. The standard InChI is InChI=1S/C17H16FN3O2/c1-2-16(22)20-15-5-3-4-13(10-15)17(23)21-19-11-12-6-8-14(18)9-7-12/h3-11H,2H2,1H3,(H,20,22)(H,21,23). The summed E-state index contributed by atoms with van der Waals surface area (Å²) >= 11 is 0. The van der Waals surface area contributed by atoms with E-state index >= 15 is 0 Å². The quantitative estimate of drug-likeness (QED) is 0.658. The molecule has 2 amide bonds. The smallest absolute Gasteiger partial charge is 0.271 e. The molecule has 0 aliphatic rings. The van der Waals surface area contributed by atoms with Crippen molar-refractivity contribution in [3.05, 3.63) is 65.5 Å². The first-order valence-corrected chi connectivity index (χ1v) is 7.07. The number of hydrogen-bond donors (Lipinski definition) is 2. The maximum atomic E-state index is 12.8. The van der Waals surface area contributed by atoms with Crippen molar-refractivity contribution < 1.29 is 14.0 Å². The molecule has 0 radical (unpaired) electrons. The SMILES string of the molecule is CCC(=O)Nc1cccc(C(=O)NN=Cc2ccc(F)cc2)c1. The second kappa shape index (κ2) is 7.84. The number of hydrazone groups is 1. The average molecular weight is 313 g/mol. The highest BCUT2D eigenvalue weighted by Gasteiger charge is 2.06. The zero-order valence-electron chi connectivity index (χ0n) is 12.5. The fraction of sp³-hybridized carbons (Fsp3) is 0.118. The molecule has 0 aliphatic heterocycles. The van der Waals surface area contributed by atoms with Gasteiger partial charge in [0.25, 0.3) is 5.91 Å². The maximum Gasteiger partial charge on any atom is 0.271 e. The van der Waals surface area contributed by atoms with Crippen LogP contribution in [0.25, 0.3) is 0 Å². The summed E-state index contributed by atoms with van der Waals surface area (Å²) < 4.78 is 12.8. The highest BCUT2D eigenvalue weighted by Crippen LogP contribution is 2.11. The number of anilines is 1. The molecule has 0 aliphatic carbocycles. The van der Waals surface area contributed by atoms with E-state index in [0.717, 1.165) is 0 Å². The zero-order valence-corrected chi connectivity index (χ0v) is 12.5. The lowest BCUT2D eigenvalue weighted by Gasteiger charge is -2.05. The average Bonchev–Trinajstić information content (AvgIpc) is 2.56. The van der Waals surface area contributed by atoms with Crippen molar-refractivity contribution in [1.82, 2.24) is 5.43 Å². The molecule has 23 heavy (non-hydrogen) atoms. The van der Waals surface area contributed by atoms with E-state index in [4.69, 9.17) is 0 Å². The third-order valence-electron chi connectivity index (χ3n) is 2.98. The van der Waals surface area contributed by atoms with Gasteiger partial charge in [0.2, 0.25) is 5.91 Å². The summed E-state index contributed by atoms with van der Waals surface area (Å²) in [4.78, 5) is 23.4. The molecule has 6 heteroatoms. The second-order valence-corrected chi connectivity index (χ2v) is 4.73. The van der Waals surface area contributed by atoms with Gasteiger partial charge in [0.05, 0.1) is 6.21 Å². The molecule has 2 N–H and O–H groups in total. The number of nitrogens with one attached hydrogen (secondary N) is 2. The van der Waals surface area contributed by atoms with Gasteiger partial charge in [-0.05, 0) is 35.9 Å². The molecule has 0 atom stereocenters. The van der Waals surface area contributed by atoms with Crippen LogP contribution in [0.2, 0.25) is 0 Å². The van der Waals surface area contributed by atoms with Gasteiger partial charge in [-0.2, -0.15) is 5.10 Å². The third kappa shape index (κ3) is 5.03. The Morgan fingerprint density at radius 3 is 2.61 bits per heavy atom. The van der Waals surface area contributed by atoms with E-state index < -0.39 is 5.91 Å². The van der Waals surface area contributed by atoms with Gasteiger partial charge in [-0.25, -0.2) is 9.82 Å². The number of carbonyl (C=O) groups excluding carboxylic acids is 2. The molecule has 0 heterocycles. The Balaban J connectivity index is 1.99. The van der Waals surface area contributed by atoms with Crippen LogP contribution in [0, 0.1) is 5.82 Å². The van der Waals surface area contributed by atoms with E-state index in [1.807, 2.05) is 0 Å². The lowest BCUT2D eigenvalue weighted by Crippen LogP contribution is -2.18. The van der Waals surface area contributed by atoms with Gasteiger partial charge in [-0.3, -0.25) is 9.59 Å². The molecular formula is C17H16FN3O2. The first-order valence-electron chi connectivity index (χ1n) is 7.07. The zero-order chi connectivity index (χ0) is 16.7. The molecule has 0 saturated carbocycles. The predicted molar refractivity (Wildman–Crippen MR) is 86.8 cm³/mol. The molecular weight excluding hydrogens is 297 g/mol. The van der Waals surface area contributed by atoms with Crippen molar-refractivity contribution in [2.75, 3.05) is 5.32 Å². The number of hydrogen-bond acceptors (Lipinski definition) is 3. The molecule has 118 valence electrons. The van der Waals surface area contributed by atoms with Crippen LogP contribution in [-0.2, 0) is 4.79 Å². The molecule has 2 rings (SSSR count). The van der Waals surface area contributed by atoms with Crippen molar-refractivity contribution >= 4 is 23.7 Å². The Kier molecular flexibility index (Phi) is 5.57. The van der Waals surface area contributed by atoms with E-state index in [2.05, 4.69) is 15.8 Å². The van der Waals surface area contributed by atoms with Crippen LogP contribution in [0.4, 0.5) is 10.1 Å². The summed E-state index contributed by atoms with van der Waals surface area (Å²) in [5.41, 5.74) is 3.96. The Morgan fingerprint density at radius 1 is 1.17 bits per heavy atom. The van der Waals surface area contributed by atoms with Gasteiger partial charge in [-0.1, -0.05) is 25.1 Å². The van der Waals surface area contributed by atoms with Gasteiger partial charge in [0.1, 0.15) is 5.82 Å². The first kappa shape index (κ1) is 16.4. The van der Waals surface area contributed by atoms with Crippen molar-refractivity contribution in [2.45, 2.75) is 13.3 Å². The van der Waals surface area contributed by atoms with E-state index in [9.17, 15) is 14.0 Å². The molecule has 0 aromatic heterocycles. The summed E-state index contributed by atoms with van der Waals surface area (Å²) in [5.74, 6) is -0.870. The lowest BCUT2D eigenvalue weighted by molar-refractivity contribution is -0.115. The van der Waals surface area contributed by atoms with Crippen LogP contribution in [0.5, 0.6) is 0 Å². The van der Waals surface area contributed by atoms with Crippen molar-refractivity contribution in [1.29, 1.82) is 0 Å². The minimum atomic E-state index is -0.407. The Morgan fingerprint density at radius 2 is 1.91 bits per heavy atom. The van der Waals surface area contributed by atoms with E-state index in [1.165, 1.54) is 18.3 Å². The Hall–Kier alpha value is -3.02. The van der Waals surface area contributed by atoms with Crippen LogP contribution in [-0.4, -0.2) is 18.0 Å². The number of benzene rings is 2. The molecule has 0 bridgehead atoms. The summed E-state index contributed by atoms with van der Waals surface area (Å²) in [6.45, 7) is 1.75. The first-order chi connectivity index (χ1) is 11.1. The van der Waals surface area contributed by atoms with E-state index in [-0.39, 0.29) is 11.7 Å². The number of carbonyl (C=O) groups is 2. The molecule has 0 saturated heterocycles. The summed E-state index contributed by atoms with van der Waals surface area (Å²) in [5, 5.41) is 6.50. The summed E-state index contributed by atoms with van der Waals surface area (Å²) in [7, 11) is 0. The van der Waals surface area contributed by atoms with Gasteiger partial charge in [-0.15, -0.1) is 0 Å². The minimum absolute atomic E-state index is 0.128. The van der Waals surface area contributed by atoms with Crippen LogP contribution in [0.1, 0.15) is 29.3 Å². The molecule has 0 fully saturated rings. The van der Waals surface area contributed by atoms with E-state index in [1.54, 1.807) is 43.3 Å². The Labute approximate surface area is 133 Å². The summed E-state index contributed by atoms with van der Waals surface area (Å²) in [6.07, 6.45) is 1.78. The molecule has 2 aromatic rings. The van der Waals surface area contributed by atoms with E-state index in [0.29, 0.717) is 23.2 Å².